The smallest absolute Gasteiger partial charge is 0.255 e. The van der Waals surface area contributed by atoms with Gasteiger partial charge in [-0.1, -0.05) is 31.5 Å². The summed E-state index contributed by atoms with van der Waals surface area (Å²) in [6.07, 6.45) is 0. The summed E-state index contributed by atoms with van der Waals surface area (Å²) in [4.78, 5) is 23.1. The summed E-state index contributed by atoms with van der Waals surface area (Å²) in [5.74, 6) is 0.248. The summed E-state index contributed by atoms with van der Waals surface area (Å²) >= 11 is 6.06. The molecule has 2 aromatic rings. The number of anilines is 1. The van der Waals surface area contributed by atoms with Gasteiger partial charge in [-0.25, -0.2) is 0 Å². The summed E-state index contributed by atoms with van der Waals surface area (Å²) in [6.45, 7) is 4.91. The second-order valence-corrected chi connectivity index (χ2v) is 6.98. The van der Waals surface area contributed by atoms with Crippen LogP contribution in [-0.2, 0) is 11.3 Å². The van der Waals surface area contributed by atoms with Crippen LogP contribution in [0.4, 0.5) is 5.69 Å². The highest BCUT2D eigenvalue weighted by Crippen LogP contribution is 2.24. The predicted molar refractivity (Wildman–Crippen MR) is 107 cm³/mol. The number of carbonyl (C=O) groups is 2. The van der Waals surface area contributed by atoms with Crippen molar-refractivity contribution in [2.24, 2.45) is 11.7 Å². The molecule has 7 heteroatoms. The van der Waals surface area contributed by atoms with Crippen molar-refractivity contribution in [3.63, 3.8) is 0 Å². The third kappa shape index (κ3) is 6.83. The van der Waals surface area contributed by atoms with Gasteiger partial charge in [0.05, 0.1) is 0 Å². The van der Waals surface area contributed by atoms with E-state index in [4.69, 9.17) is 22.1 Å². The molecule has 27 heavy (non-hydrogen) atoms. The molecule has 0 saturated carbocycles. The van der Waals surface area contributed by atoms with Crippen LogP contribution in [0.15, 0.2) is 42.5 Å². The van der Waals surface area contributed by atoms with Crippen molar-refractivity contribution in [3.05, 3.63) is 58.6 Å². The molecule has 6 nitrogen and oxygen atoms in total. The average Bonchev–Trinajstić information content (AvgIpc) is 2.63. The summed E-state index contributed by atoms with van der Waals surface area (Å²) < 4.78 is 5.42. The lowest BCUT2D eigenvalue weighted by atomic mass is 10.1. The van der Waals surface area contributed by atoms with Crippen LogP contribution in [0.1, 0.15) is 29.8 Å². The van der Waals surface area contributed by atoms with Gasteiger partial charge in [-0.2, -0.15) is 0 Å². The fourth-order valence-electron chi connectivity index (χ4n) is 2.34. The maximum Gasteiger partial charge on any atom is 0.255 e. The lowest BCUT2D eigenvalue weighted by Crippen LogP contribution is -2.27. The molecular weight excluding hydrogens is 366 g/mol. The zero-order chi connectivity index (χ0) is 19.8. The van der Waals surface area contributed by atoms with Crippen molar-refractivity contribution in [2.75, 3.05) is 18.5 Å². The summed E-state index contributed by atoms with van der Waals surface area (Å²) in [7, 11) is 0. The number of rotatable bonds is 9. The zero-order valence-electron chi connectivity index (χ0n) is 15.4. The molecule has 0 heterocycles. The Kier molecular flexibility index (Phi) is 7.49. The molecule has 0 spiro atoms. The van der Waals surface area contributed by atoms with Crippen molar-refractivity contribution in [3.8, 4) is 5.75 Å². The van der Waals surface area contributed by atoms with Crippen molar-refractivity contribution in [1.82, 2.24) is 5.32 Å². The van der Waals surface area contributed by atoms with Crippen LogP contribution in [0.5, 0.6) is 5.75 Å². The second kappa shape index (κ2) is 9.83. The highest BCUT2D eigenvalue weighted by atomic mass is 35.5. The van der Waals surface area contributed by atoms with E-state index in [-0.39, 0.29) is 12.5 Å². The number of hydrogen-bond donors (Lipinski definition) is 3. The van der Waals surface area contributed by atoms with E-state index in [1.165, 1.54) is 0 Å². The molecule has 0 atom stereocenters. The Morgan fingerprint density at radius 3 is 2.67 bits per heavy atom. The van der Waals surface area contributed by atoms with Crippen LogP contribution in [0.3, 0.4) is 0 Å². The monoisotopic (exact) mass is 389 g/mol. The molecular formula is C20H24ClN3O3. The minimum atomic E-state index is -0.552. The molecule has 2 rings (SSSR count). The van der Waals surface area contributed by atoms with E-state index in [1.807, 2.05) is 26.0 Å². The third-order valence-corrected chi connectivity index (χ3v) is 3.91. The van der Waals surface area contributed by atoms with Crippen molar-refractivity contribution in [1.29, 1.82) is 0 Å². The van der Waals surface area contributed by atoms with E-state index in [1.54, 1.807) is 30.3 Å². The van der Waals surface area contributed by atoms with Gasteiger partial charge in [0, 0.05) is 34.9 Å². The molecule has 0 aliphatic carbocycles. The first-order chi connectivity index (χ1) is 12.8. The van der Waals surface area contributed by atoms with Gasteiger partial charge in [-0.3, -0.25) is 9.59 Å². The van der Waals surface area contributed by atoms with Gasteiger partial charge in [0.15, 0.2) is 6.61 Å². The molecule has 0 aliphatic heterocycles. The van der Waals surface area contributed by atoms with Gasteiger partial charge in [-0.05, 0) is 42.3 Å². The molecule has 4 N–H and O–H groups in total. The molecule has 2 amide bonds. The van der Waals surface area contributed by atoms with Crippen molar-refractivity contribution < 1.29 is 14.3 Å². The Morgan fingerprint density at radius 1 is 1.19 bits per heavy atom. The Hall–Kier alpha value is -2.73. The Balaban J connectivity index is 2.06. The van der Waals surface area contributed by atoms with E-state index in [9.17, 15) is 9.59 Å². The molecule has 2 aromatic carbocycles. The van der Waals surface area contributed by atoms with Crippen LogP contribution >= 0.6 is 11.6 Å². The normalized spacial score (nSPS) is 10.5. The standard InChI is InChI=1S/C20H24ClN3O3/c1-13(2)10-24-20(26)14-4-3-5-17(9-14)23-11-15-8-16(21)6-7-18(15)27-12-19(22)25/h3-9,13,23H,10-12H2,1-2H3,(H2,22,25)(H,24,26). The number of halogens is 1. The fourth-order valence-corrected chi connectivity index (χ4v) is 2.54. The Labute approximate surface area is 164 Å². The van der Waals surface area contributed by atoms with Gasteiger partial charge in [0.1, 0.15) is 5.75 Å². The molecule has 0 fully saturated rings. The van der Waals surface area contributed by atoms with Crippen molar-refractivity contribution in [2.45, 2.75) is 20.4 Å². The number of ether oxygens (including phenoxy) is 1. The summed E-state index contributed by atoms with van der Waals surface area (Å²) in [5, 5.41) is 6.69. The summed E-state index contributed by atoms with van der Waals surface area (Å²) in [6, 6.07) is 12.4. The summed E-state index contributed by atoms with van der Waals surface area (Å²) in [5.41, 5.74) is 7.27. The third-order valence-electron chi connectivity index (χ3n) is 3.67. The predicted octanol–water partition coefficient (Wildman–Crippen LogP) is 3.20. The number of amides is 2. The topological polar surface area (TPSA) is 93.4 Å². The van der Waals surface area contributed by atoms with Gasteiger partial charge < -0.3 is 21.1 Å². The Morgan fingerprint density at radius 2 is 1.96 bits per heavy atom. The van der Waals surface area contributed by atoms with Crippen LogP contribution in [0, 0.1) is 5.92 Å². The minimum Gasteiger partial charge on any atom is -0.483 e. The molecule has 0 aromatic heterocycles. The first kappa shape index (κ1) is 20.6. The first-order valence-electron chi connectivity index (χ1n) is 8.67. The second-order valence-electron chi connectivity index (χ2n) is 6.55. The minimum absolute atomic E-state index is 0.111. The van der Waals surface area contributed by atoms with Crippen molar-refractivity contribution >= 4 is 29.1 Å². The molecule has 0 aliphatic rings. The van der Waals surface area contributed by atoms with E-state index in [0.29, 0.717) is 35.3 Å². The van der Waals surface area contributed by atoms with Crippen LogP contribution in [0.25, 0.3) is 0 Å². The van der Waals surface area contributed by atoms with E-state index >= 15 is 0 Å². The largest absolute Gasteiger partial charge is 0.483 e. The molecule has 0 bridgehead atoms. The fraction of sp³-hybridized carbons (Fsp3) is 0.300. The first-order valence-corrected chi connectivity index (χ1v) is 9.04. The zero-order valence-corrected chi connectivity index (χ0v) is 16.2. The lowest BCUT2D eigenvalue weighted by Gasteiger charge is -2.13. The number of nitrogens with two attached hydrogens (primary N) is 1. The average molecular weight is 390 g/mol. The van der Waals surface area contributed by atoms with Gasteiger partial charge in [-0.15, -0.1) is 0 Å². The molecule has 0 unspecified atom stereocenters. The molecule has 0 saturated heterocycles. The van der Waals surface area contributed by atoms with Gasteiger partial charge in [0.25, 0.3) is 11.8 Å². The van der Waals surface area contributed by atoms with Crippen LogP contribution in [-0.4, -0.2) is 25.0 Å². The number of hydrogen-bond acceptors (Lipinski definition) is 4. The highest BCUT2D eigenvalue weighted by Gasteiger charge is 2.09. The van der Waals surface area contributed by atoms with E-state index in [0.717, 1.165) is 11.3 Å². The maximum absolute atomic E-state index is 12.2. The van der Waals surface area contributed by atoms with E-state index in [2.05, 4.69) is 10.6 Å². The number of primary amides is 1. The maximum atomic E-state index is 12.2. The van der Waals surface area contributed by atoms with Crippen LogP contribution < -0.4 is 21.1 Å². The quantitative estimate of drug-likeness (QED) is 0.613. The SMILES string of the molecule is CC(C)CNC(=O)c1cccc(NCc2cc(Cl)ccc2OCC(N)=O)c1. The molecule has 144 valence electrons. The molecule has 0 radical (unpaired) electrons. The Bertz CT molecular complexity index is 809. The highest BCUT2D eigenvalue weighted by molar-refractivity contribution is 6.30. The number of benzene rings is 2. The van der Waals surface area contributed by atoms with Crippen LogP contribution in [0.2, 0.25) is 5.02 Å². The van der Waals surface area contributed by atoms with Gasteiger partial charge >= 0.3 is 0 Å². The lowest BCUT2D eigenvalue weighted by molar-refractivity contribution is -0.119. The number of nitrogens with one attached hydrogen (secondary N) is 2. The number of carbonyl (C=O) groups excluding carboxylic acids is 2. The van der Waals surface area contributed by atoms with E-state index < -0.39 is 5.91 Å². The van der Waals surface area contributed by atoms with Gasteiger partial charge in [0.2, 0.25) is 0 Å².